The van der Waals surface area contributed by atoms with Gasteiger partial charge in [-0.15, -0.1) is 0 Å². The van der Waals surface area contributed by atoms with Crippen LogP contribution < -0.4 is 10.6 Å². The van der Waals surface area contributed by atoms with Gasteiger partial charge in [0.15, 0.2) is 0 Å². The van der Waals surface area contributed by atoms with Crippen molar-refractivity contribution in [2.75, 3.05) is 19.6 Å². The number of hydrogen-bond donors (Lipinski definition) is 2. The summed E-state index contributed by atoms with van der Waals surface area (Å²) in [5, 5.41) is 5.30. The molecule has 1 atom stereocenters. The van der Waals surface area contributed by atoms with Crippen LogP contribution in [0.1, 0.15) is 23.2 Å². The van der Waals surface area contributed by atoms with E-state index >= 15 is 0 Å². The number of halogens is 2. The Morgan fingerprint density at radius 3 is 2.33 bits per heavy atom. The number of amides is 2. The van der Waals surface area contributed by atoms with Gasteiger partial charge < -0.3 is 10.6 Å². The van der Waals surface area contributed by atoms with Gasteiger partial charge in [0.05, 0.1) is 4.90 Å². The van der Waals surface area contributed by atoms with E-state index in [1.54, 1.807) is 12.1 Å². The predicted octanol–water partition coefficient (Wildman–Crippen LogP) is 2.29. The number of rotatable bonds is 7. The molecule has 160 valence electrons. The zero-order valence-electron chi connectivity index (χ0n) is 16.0. The Hall–Kier alpha value is -2.30. The first-order valence-corrected chi connectivity index (χ1v) is 11.6. The minimum Gasteiger partial charge on any atom is -0.353 e. The number of hydrogen-bond acceptors (Lipinski definition) is 4. The molecule has 3 rings (SSSR count). The summed E-state index contributed by atoms with van der Waals surface area (Å²) in [6, 6.07) is 10.6. The van der Waals surface area contributed by atoms with Crippen LogP contribution in [0.15, 0.2) is 57.9 Å². The predicted molar refractivity (Wildman–Crippen MR) is 113 cm³/mol. The molecule has 0 aromatic heterocycles. The Labute approximate surface area is 182 Å². The fraction of sp³-hybridized carbons (Fsp3) is 0.300. The Balaban J connectivity index is 1.53. The van der Waals surface area contributed by atoms with E-state index in [1.165, 1.54) is 40.7 Å². The fourth-order valence-electron chi connectivity index (χ4n) is 3.21. The smallest absolute Gasteiger partial charge is 0.251 e. The third-order valence-electron chi connectivity index (χ3n) is 4.74. The van der Waals surface area contributed by atoms with Crippen LogP contribution >= 0.6 is 15.9 Å². The highest BCUT2D eigenvalue weighted by Gasteiger charge is 2.39. The molecule has 1 heterocycles. The largest absolute Gasteiger partial charge is 0.353 e. The van der Waals surface area contributed by atoms with Crippen LogP contribution in [0.3, 0.4) is 0 Å². The second-order valence-electron chi connectivity index (χ2n) is 6.78. The highest BCUT2D eigenvalue weighted by molar-refractivity contribution is 9.10. The maximum atomic E-state index is 12.9. The molecule has 1 saturated heterocycles. The van der Waals surface area contributed by atoms with Crippen LogP contribution in [0.2, 0.25) is 0 Å². The minimum atomic E-state index is -3.78. The number of nitrogens with one attached hydrogen (secondary N) is 2. The molecule has 0 unspecified atom stereocenters. The standard InChI is InChI=1S/C20H21BrFN3O4S/c21-15-5-9-17(10-6-15)30(28,29)25-13-1-2-18(25)20(27)24-12-11-23-19(26)14-3-7-16(22)8-4-14/h3-10,18H,1-2,11-13H2,(H,23,26)(H,24,27)/t18-/m1/s1. The highest BCUT2D eigenvalue weighted by atomic mass is 79.9. The zero-order valence-corrected chi connectivity index (χ0v) is 18.4. The lowest BCUT2D eigenvalue weighted by molar-refractivity contribution is -0.124. The van der Waals surface area contributed by atoms with Crippen LogP contribution in [0.5, 0.6) is 0 Å². The van der Waals surface area contributed by atoms with Crippen molar-refractivity contribution in [3.63, 3.8) is 0 Å². The van der Waals surface area contributed by atoms with E-state index < -0.39 is 27.8 Å². The Kier molecular flexibility index (Phi) is 7.22. The van der Waals surface area contributed by atoms with Gasteiger partial charge in [-0.2, -0.15) is 4.31 Å². The number of sulfonamides is 1. The fourth-order valence-corrected chi connectivity index (χ4v) is 5.14. The zero-order chi connectivity index (χ0) is 21.7. The van der Waals surface area contributed by atoms with Crippen LogP contribution in [0, 0.1) is 5.82 Å². The van der Waals surface area contributed by atoms with Crippen LogP contribution in [0.4, 0.5) is 4.39 Å². The van der Waals surface area contributed by atoms with Gasteiger partial charge >= 0.3 is 0 Å². The first-order chi connectivity index (χ1) is 14.3. The average molecular weight is 498 g/mol. The number of nitrogens with zero attached hydrogens (tertiary/aromatic N) is 1. The topological polar surface area (TPSA) is 95.6 Å². The van der Waals surface area contributed by atoms with Crippen molar-refractivity contribution in [1.29, 1.82) is 0 Å². The number of carbonyl (C=O) groups excluding carboxylic acids is 2. The van der Waals surface area contributed by atoms with Gasteiger partial charge in [-0.05, 0) is 61.4 Å². The first kappa shape index (κ1) is 22.4. The second-order valence-corrected chi connectivity index (χ2v) is 9.59. The van der Waals surface area contributed by atoms with Gasteiger partial charge in [0.1, 0.15) is 11.9 Å². The third-order valence-corrected chi connectivity index (χ3v) is 7.19. The Morgan fingerprint density at radius 1 is 1.03 bits per heavy atom. The Morgan fingerprint density at radius 2 is 1.67 bits per heavy atom. The molecule has 1 fully saturated rings. The molecule has 1 aliphatic rings. The normalized spacial score (nSPS) is 16.9. The van der Waals surface area contributed by atoms with E-state index in [0.29, 0.717) is 18.4 Å². The van der Waals surface area contributed by atoms with Crippen molar-refractivity contribution >= 4 is 37.8 Å². The first-order valence-electron chi connectivity index (χ1n) is 9.38. The highest BCUT2D eigenvalue weighted by Crippen LogP contribution is 2.27. The molecular formula is C20H21BrFN3O4S. The van der Waals surface area contributed by atoms with Crippen LogP contribution in [-0.4, -0.2) is 50.2 Å². The van der Waals surface area contributed by atoms with Crippen molar-refractivity contribution in [3.05, 3.63) is 64.4 Å². The lowest BCUT2D eigenvalue weighted by Crippen LogP contribution is -2.47. The summed E-state index contributed by atoms with van der Waals surface area (Å²) in [4.78, 5) is 24.7. The summed E-state index contributed by atoms with van der Waals surface area (Å²) in [6.07, 6.45) is 1.03. The molecule has 2 amide bonds. The molecule has 2 aromatic carbocycles. The van der Waals surface area contributed by atoms with Crippen molar-refractivity contribution in [3.8, 4) is 0 Å². The molecule has 30 heavy (non-hydrogen) atoms. The molecule has 0 radical (unpaired) electrons. The van der Waals surface area contributed by atoms with Crippen molar-refractivity contribution < 1.29 is 22.4 Å². The SMILES string of the molecule is O=C(NCCNC(=O)[C@H]1CCCN1S(=O)(=O)c1ccc(Br)cc1)c1ccc(F)cc1. The molecule has 0 bridgehead atoms. The van der Waals surface area contributed by atoms with Gasteiger partial charge in [0, 0.05) is 29.7 Å². The van der Waals surface area contributed by atoms with Crippen LogP contribution in [-0.2, 0) is 14.8 Å². The summed E-state index contributed by atoms with van der Waals surface area (Å²) >= 11 is 3.28. The van der Waals surface area contributed by atoms with E-state index in [2.05, 4.69) is 26.6 Å². The summed E-state index contributed by atoms with van der Waals surface area (Å²) < 4.78 is 40.7. The van der Waals surface area contributed by atoms with E-state index in [0.717, 1.165) is 4.47 Å². The van der Waals surface area contributed by atoms with E-state index in [4.69, 9.17) is 0 Å². The molecule has 1 aliphatic heterocycles. The van der Waals surface area contributed by atoms with Gasteiger partial charge in [-0.25, -0.2) is 12.8 Å². The quantitative estimate of drug-likeness (QED) is 0.573. The molecule has 2 N–H and O–H groups in total. The summed E-state index contributed by atoms with van der Waals surface area (Å²) in [5.41, 5.74) is 0.310. The Bertz CT molecular complexity index is 1010. The third kappa shape index (κ3) is 5.24. The lowest BCUT2D eigenvalue weighted by atomic mass is 10.2. The van der Waals surface area contributed by atoms with E-state index in [9.17, 15) is 22.4 Å². The lowest BCUT2D eigenvalue weighted by Gasteiger charge is -2.23. The summed E-state index contributed by atoms with van der Waals surface area (Å²) in [7, 11) is -3.78. The van der Waals surface area contributed by atoms with Crippen molar-refractivity contribution in [2.24, 2.45) is 0 Å². The number of carbonyl (C=O) groups is 2. The average Bonchev–Trinajstić information content (AvgIpc) is 3.23. The maximum absolute atomic E-state index is 12.9. The van der Waals surface area contributed by atoms with Crippen molar-refractivity contribution in [1.82, 2.24) is 14.9 Å². The van der Waals surface area contributed by atoms with Crippen molar-refractivity contribution in [2.45, 2.75) is 23.8 Å². The molecule has 7 nitrogen and oxygen atoms in total. The molecule has 10 heteroatoms. The molecular weight excluding hydrogens is 477 g/mol. The van der Waals surface area contributed by atoms with E-state index in [1.807, 2.05) is 0 Å². The molecule has 0 aliphatic carbocycles. The summed E-state index contributed by atoms with van der Waals surface area (Å²) in [6.45, 7) is 0.584. The second kappa shape index (κ2) is 9.67. The van der Waals surface area contributed by atoms with Gasteiger partial charge in [-0.1, -0.05) is 15.9 Å². The van der Waals surface area contributed by atoms with Crippen LogP contribution in [0.25, 0.3) is 0 Å². The maximum Gasteiger partial charge on any atom is 0.251 e. The monoisotopic (exact) mass is 497 g/mol. The molecule has 0 spiro atoms. The van der Waals surface area contributed by atoms with Gasteiger partial charge in [0.25, 0.3) is 5.91 Å². The number of benzene rings is 2. The van der Waals surface area contributed by atoms with E-state index in [-0.39, 0.29) is 30.4 Å². The van der Waals surface area contributed by atoms with Gasteiger partial charge in [-0.3, -0.25) is 9.59 Å². The minimum absolute atomic E-state index is 0.136. The summed E-state index contributed by atoms with van der Waals surface area (Å²) in [5.74, 6) is -1.22. The molecule has 2 aromatic rings. The molecule has 0 saturated carbocycles. The van der Waals surface area contributed by atoms with Gasteiger partial charge in [0.2, 0.25) is 15.9 Å².